The van der Waals surface area contributed by atoms with Crippen molar-refractivity contribution in [3.63, 3.8) is 0 Å². The Balaban J connectivity index is 1.46. The minimum Gasteiger partial charge on any atom is -0.459 e. The van der Waals surface area contributed by atoms with Crippen molar-refractivity contribution in [3.05, 3.63) is 89.4 Å². The van der Waals surface area contributed by atoms with Crippen LogP contribution >= 0.6 is 0 Å². The van der Waals surface area contributed by atoms with E-state index in [-0.39, 0.29) is 17.7 Å². The van der Waals surface area contributed by atoms with Crippen molar-refractivity contribution >= 4 is 17.6 Å². The smallest absolute Gasteiger partial charge is 0.315 e. The lowest BCUT2D eigenvalue weighted by Gasteiger charge is -2.20. The monoisotopic (exact) mass is 434 g/mol. The first kappa shape index (κ1) is 23.1. The van der Waals surface area contributed by atoms with Crippen LogP contribution in [0.1, 0.15) is 41.1 Å². The SMILES string of the molecule is CCN(CC)Cc1ccccc1CNC(=O)NCc1ccc(NC(=O)c2ccco2)cc1. The van der Waals surface area contributed by atoms with E-state index in [0.717, 1.165) is 30.8 Å². The van der Waals surface area contributed by atoms with E-state index < -0.39 is 0 Å². The summed E-state index contributed by atoms with van der Waals surface area (Å²) in [6.45, 7) is 8.01. The summed E-state index contributed by atoms with van der Waals surface area (Å²) < 4.78 is 5.08. The zero-order valence-corrected chi connectivity index (χ0v) is 18.6. The van der Waals surface area contributed by atoms with E-state index in [9.17, 15) is 9.59 Å². The highest BCUT2D eigenvalue weighted by molar-refractivity contribution is 6.02. The van der Waals surface area contributed by atoms with E-state index in [1.54, 1.807) is 24.3 Å². The normalized spacial score (nSPS) is 10.7. The minimum atomic E-state index is -0.304. The van der Waals surface area contributed by atoms with Crippen molar-refractivity contribution in [1.82, 2.24) is 15.5 Å². The summed E-state index contributed by atoms with van der Waals surface area (Å²) in [5.74, 6) is -0.0485. The second kappa shape index (κ2) is 11.7. The molecule has 0 bridgehead atoms. The molecule has 32 heavy (non-hydrogen) atoms. The molecule has 0 fully saturated rings. The second-order valence-corrected chi connectivity index (χ2v) is 7.39. The number of furan rings is 1. The van der Waals surface area contributed by atoms with E-state index in [0.29, 0.717) is 18.8 Å². The zero-order valence-electron chi connectivity index (χ0n) is 18.6. The van der Waals surface area contributed by atoms with Gasteiger partial charge in [-0.25, -0.2) is 4.79 Å². The predicted molar refractivity (Wildman–Crippen MR) is 125 cm³/mol. The van der Waals surface area contributed by atoms with Crippen LogP contribution in [0.25, 0.3) is 0 Å². The van der Waals surface area contributed by atoms with Crippen LogP contribution in [0.2, 0.25) is 0 Å². The molecule has 7 nitrogen and oxygen atoms in total. The van der Waals surface area contributed by atoms with Gasteiger partial charge in [-0.15, -0.1) is 0 Å². The number of carbonyl (C=O) groups excluding carboxylic acids is 2. The molecule has 0 aliphatic heterocycles. The highest BCUT2D eigenvalue weighted by Gasteiger charge is 2.09. The highest BCUT2D eigenvalue weighted by Crippen LogP contribution is 2.13. The lowest BCUT2D eigenvalue weighted by atomic mass is 10.1. The van der Waals surface area contributed by atoms with Crippen LogP contribution in [0.5, 0.6) is 0 Å². The number of amides is 3. The van der Waals surface area contributed by atoms with Crippen molar-refractivity contribution in [2.75, 3.05) is 18.4 Å². The Bertz CT molecular complexity index is 996. The van der Waals surface area contributed by atoms with Gasteiger partial charge in [-0.05, 0) is 54.0 Å². The molecule has 3 N–H and O–H groups in total. The first-order chi connectivity index (χ1) is 15.6. The molecule has 0 radical (unpaired) electrons. The molecular formula is C25H30N4O3. The van der Waals surface area contributed by atoms with Gasteiger partial charge in [-0.2, -0.15) is 0 Å². The molecule has 7 heteroatoms. The fraction of sp³-hybridized carbons (Fsp3) is 0.280. The molecule has 3 rings (SSSR count). The van der Waals surface area contributed by atoms with Gasteiger partial charge in [-0.1, -0.05) is 50.2 Å². The van der Waals surface area contributed by atoms with E-state index in [2.05, 4.69) is 46.8 Å². The number of nitrogens with zero attached hydrogens (tertiary/aromatic N) is 1. The van der Waals surface area contributed by atoms with Gasteiger partial charge in [0.2, 0.25) is 0 Å². The van der Waals surface area contributed by atoms with Crippen LogP contribution in [-0.2, 0) is 19.6 Å². The third-order valence-electron chi connectivity index (χ3n) is 5.26. The van der Waals surface area contributed by atoms with Crippen LogP contribution in [0.3, 0.4) is 0 Å². The van der Waals surface area contributed by atoms with Crippen molar-refractivity contribution < 1.29 is 14.0 Å². The first-order valence-corrected chi connectivity index (χ1v) is 10.8. The fourth-order valence-electron chi connectivity index (χ4n) is 3.30. The maximum Gasteiger partial charge on any atom is 0.315 e. The Morgan fingerprint density at radius 1 is 0.844 bits per heavy atom. The molecule has 0 spiro atoms. The number of anilines is 1. The lowest BCUT2D eigenvalue weighted by Crippen LogP contribution is -2.35. The Labute approximate surface area is 188 Å². The van der Waals surface area contributed by atoms with Gasteiger partial charge in [-0.3, -0.25) is 9.69 Å². The number of benzene rings is 2. The Hall–Kier alpha value is -3.58. The summed E-state index contributed by atoms with van der Waals surface area (Å²) in [4.78, 5) is 26.6. The van der Waals surface area contributed by atoms with E-state index in [4.69, 9.17) is 4.42 Å². The van der Waals surface area contributed by atoms with Gasteiger partial charge in [0.25, 0.3) is 5.91 Å². The Morgan fingerprint density at radius 3 is 2.19 bits per heavy atom. The number of carbonyl (C=O) groups is 2. The maximum absolute atomic E-state index is 12.3. The molecule has 0 atom stereocenters. The van der Waals surface area contributed by atoms with Crippen LogP contribution in [-0.4, -0.2) is 29.9 Å². The number of rotatable bonds is 10. The summed E-state index contributed by atoms with van der Waals surface area (Å²) in [5, 5.41) is 8.57. The van der Waals surface area contributed by atoms with E-state index in [1.807, 2.05) is 24.3 Å². The molecule has 0 saturated heterocycles. The molecule has 0 aliphatic carbocycles. The van der Waals surface area contributed by atoms with Crippen LogP contribution in [0.15, 0.2) is 71.3 Å². The Morgan fingerprint density at radius 2 is 1.53 bits per heavy atom. The average Bonchev–Trinajstić information content (AvgIpc) is 3.36. The van der Waals surface area contributed by atoms with E-state index >= 15 is 0 Å². The lowest BCUT2D eigenvalue weighted by molar-refractivity contribution is 0.0996. The summed E-state index contributed by atoms with van der Waals surface area (Å²) in [5.41, 5.74) is 3.93. The van der Waals surface area contributed by atoms with Crippen molar-refractivity contribution in [3.8, 4) is 0 Å². The molecule has 1 aromatic heterocycles. The van der Waals surface area contributed by atoms with Crippen molar-refractivity contribution in [2.45, 2.75) is 33.5 Å². The average molecular weight is 435 g/mol. The zero-order chi connectivity index (χ0) is 22.8. The topological polar surface area (TPSA) is 86.6 Å². The Kier molecular flexibility index (Phi) is 8.45. The van der Waals surface area contributed by atoms with Gasteiger partial charge < -0.3 is 20.4 Å². The maximum atomic E-state index is 12.3. The van der Waals surface area contributed by atoms with Crippen LogP contribution in [0.4, 0.5) is 10.5 Å². The predicted octanol–water partition coefficient (Wildman–Crippen LogP) is 4.37. The molecule has 1 heterocycles. The molecule has 168 valence electrons. The largest absolute Gasteiger partial charge is 0.459 e. The standard InChI is InChI=1S/C25H30N4O3/c1-3-29(4-2)18-21-9-6-5-8-20(21)17-27-25(31)26-16-19-11-13-22(14-12-19)28-24(30)23-10-7-15-32-23/h5-15H,3-4,16-18H2,1-2H3,(H,28,30)(H2,26,27,31). The number of hydrogen-bond donors (Lipinski definition) is 3. The van der Waals surface area contributed by atoms with E-state index in [1.165, 1.54) is 11.8 Å². The third-order valence-corrected chi connectivity index (χ3v) is 5.26. The van der Waals surface area contributed by atoms with Gasteiger partial charge in [0, 0.05) is 25.3 Å². The second-order valence-electron chi connectivity index (χ2n) is 7.39. The van der Waals surface area contributed by atoms with Crippen molar-refractivity contribution in [1.29, 1.82) is 0 Å². The highest BCUT2D eigenvalue weighted by atomic mass is 16.3. The van der Waals surface area contributed by atoms with Gasteiger partial charge in [0.05, 0.1) is 6.26 Å². The summed E-state index contributed by atoms with van der Waals surface area (Å²) in [6, 6.07) is 18.5. The number of nitrogens with one attached hydrogen (secondary N) is 3. The molecule has 0 unspecified atom stereocenters. The van der Waals surface area contributed by atoms with Gasteiger partial charge in [0.1, 0.15) is 0 Å². The minimum absolute atomic E-state index is 0.224. The molecule has 0 aliphatic rings. The summed E-state index contributed by atoms with van der Waals surface area (Å²) >= 11 is 0. The summed E-state index contributed by atoms with van der Waals surface area (Å²) in [6.07, 6.45) is 1.46. The van der Waals surface area contributed by atoms with Crippen LogP contribution < -0.4 is 16.0 Å². The van der Waals surface area contributed by atoms with Gasteiger partial charge in [0.15, 0.2) is 5.76 Å². The molecule has 3 amide bonds. The van der Waals surface area contributed by atoms with Crippen molar-refractivity contribution in [2.24, 2.45) is 0 Å². The molecule has 2 aromatic carbocycles. The fourth-order valence-corrected chi connectivity index (χ4v) is 3.30. The molecular weight excluding hydrogens is 404 g/mol. The summed E-state index contributed by atoms with van der Waals surface area (Å²) in [7, 11) is 0. The van der Waals surface area contributed by atoms with Crippen LogP contribution in [0, 0.1) is 0 Å². The molecule has 0 saturated carbocycles. The van der Waals surface area contributed by atoms with Gasteiger partial charge >= 0.3 is 6.03 Å². The molecule has 3 aromatic rings. The number of hydrogen-bond acceptors (Lipinski definition) is 4. The first-order valence-electron chi connectivity index (χ1n) is 10.8. The quantitative estimate of drug-likeness (QED) is 0.442. The third kappa shape index (κ3) is 6.72. The number of urea groups is 1.